The van der Waals surface area contributed by atoms with E-state index >= 15 is 0 Å². The van der Waals surface area contributed by atoms with Gasteiger partial charge in [0.05, 0.1) is 5.69 Å². The number of anilines is 1. The van der Waals surface area contributed by atoms with Gasteiger partial charge in [0.2, 0.25) is 0 Å². The van der Waals surface area contributed by atoms with Crippen molar-refractivity contribution in [3.8, 4) is 5.75 Å². The van der Waals surface area contributed by atoms with E-state index in [4.69, 9.17) is 4.74 Å². The number of hydrogen-bond acceptors (Lipinski definition) is 2. The van der Waals surface area contributed by atoms with Crippen LogP contribution in [0, 0.1) is 6.92 Å². The molecule has 2 aromatic rings. The van der Waals surface area contributed by atoms with Crippen LogP contribution in [-0.2, 0) is 4.79 Å². The number of benzene rings is 2. The average molecular weight is 334 g/mol. The van der Waals surface area contributed by atoms with Crippen LogP contribution < -0.4 is 10.1 Å². The molecule has 0 aliphatic carbocycles. The van der Waals surface area contributed by atoms with E-state index < -0.39 is 6.10 Å². The predicted molar refractivity (Wildman–Crippen MR) is 84.0 cm³/mol. The zero-order chi connectivity index (χ0) is 14.5. The quantitative estimate of drug-likeness (QED) is 0.912. The van der Waals surface area contributed by atoms with Crippen LogP contribution in [0.15, 0.2) is 53.0 Å². The lowest BCUT2D eigenvalue weighted by Gasteiger charge is -2.15. The number of carbonyl (C=O) groups is 1. The summed E-state index contributed by atoms with van der Waals surface area (Å²) in [7, 11) is 0. The summed E-state index contributed by atoms with van der Waals surface area (Å²) in [6, 6.07) is 15.1. The van der Waals surface area contributed by atoms with Crippen molar-refractivity contribution in [3.63, 3.8) is 0 Å². The van der Waals surface area contributed by atoms with Gasteiger partial charge in [0.15, 0.2) is 6.10 Å². The zero-order valence-corrected chi connectivity index (χ0v) is 13.0. The molecule has 0 saturated carbocycles. The first-order chi connectivity index (χ1) is 9.56. The Bertz CT molecular complexity index is 613. The Kier molecular flexibility index (Phi) is 4.79. The summed E-state index contributed by atoms with van der Waals surface area (Å²) >= 11 is 3.39. The third-order valence-electron chi connectivity index (χ3n) is 2.80. The van der Waals surface area contributed by atoms with Gasteiger partial charge in [0.25, 0.3) is 5.91 Å². The molecule has 0 heterocycles. The maximum Gasteiger partial charge on any atom is 0.265 e. The van der Waals surface area contributed by atoms with Gasteiger partial charge in [-0.3, -0.25) is 4.79 Å². The van der Waals surface area contributed by atoms with E-state index in [9.17, 15) is 4.79 Å². The van der Waals surface area contributed by atoms with Crippen molar-refractivity contribution in [2.24, 2.45) is 0 Å². The second kappa shape index (κ2) is 6.57. The summed E-state index contributed by atoms with van der Waals surface area (Å²) in [6.07, 6.45) is -0.566. The summed E-state index contributed by atoms with van der Waals surface area (Å²) in [5.74, 6) is 0.512. The van der Waals surface area contributed by atoms with Crippen LogP contribution in [0.5, 0.6) is 5.75 Å². The highest BCUT2D eigenvalue weighted by Gasteiger charge is 2.15. The molecule has 0 unspecified atom stereocenters. The molecule has 0 fully saturated rings. The fourth-order valence-electron chi connectivity index (χ4n) is 1.74. The van der Waals surface area contributed by atoms with Crippen molar-refractivity contribution < 1.29 is 9.53 Å². The molecule has 0 radical (unpaired) electrons. The van der Waals surface area contributed by atoms with E-state index in [1.807, 2.05) is 55.5 Å². The van der Waals surface area contributed by atoms with Gasteiger partial charge in [-0.25, -0.2) is 0 Å². The van der Waals surface area contributed by atoms with Crippen LogP contribution >= 0.6 is 15.9 Å². The van der Waals surface area contributed by atoms with Gasteiger partial charge in [0, 0.05) is 4.47 Å². The van der Waals surface area contributed by atoms with Gasteiger partial charge in [0.1, 0.15) is 5.75 Å². The van der Waals surface area contributed by atoms with Gasteiger partial charge in [-0.1, -0.05) is 24.3 Å². The number of aryl methyl sites for hydroxylation is 1. The average Bonchev–Trinajstić information content (AvgIpc) is 2.41. The van der Waals surface area contributed by atoms with Crippen LogP contribution in [0.2, 0.25) is 0 Å². The molecule has 0 aromatic heterocycles. The fourth-order valence-corrected chi connectivity index (χ4v) is 2.13. The normalized spacial score (nSPS) is 11.8. The van der Waals surface area contributed by atoms with Crippen molar-refractivity contribution in [3.05, 3.63) is 58.6 Å². The monoisotopic (exact) mass is 333 g/mol. The lowest BCUT2D eigenvalue weighted by atomic mass is 10.2. The van der Waals surface area contributed by atoms with Crippen LogP contribution in [0.1, 0.15) is 12.5 Å². The molecule has 0 spiro atoms. The van der Waals surface area contributed by atoms with Gasteiger partial charge in [-0.2, -0.15) is 0 Å². The molecule has 1 amide bonds. The van der Waals surface area contributed by atoms with E-state index in [-0.39, 0.29) is 5.91 Å². The molecule has 0 saturated heterocycles. The lowest BCUT2D eigenvalue weighted by Crippen LogP contribution is -2.30. The Labute approximate surface area is 127 Å². The molecule has 1 N–H and O–H groups in total. The summed E-state index contributed by atoms with van der Waals surface area (Å²) < 4.78 is 6.49. The number of rotatable bonds is 4. The van der Waals surface area contributed by atoms with Crippen LogP contribution in [0.4, 0.5) is 5.69 Å². The van der Waals surface area contributed by atoms with Crippen LogP contribution in [0.3, 0.4) is 0 Å². The second-order valence-electron chi connectivity index (χ2n) is 4.55. The number of carbonyl (C=O) groups excluding carboxylic acids is 1. The maximum atomic E-state index is 12.1. The first kappa shape index (κ1) is 14.6. The highest BCUT2D eigenvalue weighted by atomic mass is 79.9. The Morgan fingerprint density at radius 1 is 1.20 bits per heavy atom. The zero-order valence-electron chi connectivity index (χ0n) is 11.4. The Hall–Kier alpha value is -1.81. The summed E-state index contributed by atoms with van der Waals surface area (Å²) in [4.78, 5) is 12.1. The van der Waals surface area contributed by atoms with Crippen LogP contribution in [-0.4, -0.2) is 12.0 Å². The molecule has 20 heavy (non-hydrogen) atoms. The molecule has 1 atom stereocenters. The SMILES string of the molecule is Cc1cccc(O[C@@H](C)C(=O)Nc2ccccc2Br)c1. The molecular formula is C16H16BrNO2. The van der Waals surface area contributed by atoms with Crippen molar-refractivity contribution in [2.45, 2.75) is 20.0 Å². The first-order valence-corrected chi connectivity index (χ1v) is 7.14. The van der Waals surface area contributed by atoms with Gasteiger partial charge >= 0.3 is 0 Å². The van der Waals surface area contributed by atoms with E-state index in [1.54, 1.807) is 6.92 Å². The fraction of sp³-hybridized carbons (Fsp3) is 0.188. The largest absolute Gasteiger partial charge is 0.481 e. The first-order valence-electron chi connectivity index (χ1n) is 6.35. The minimum Gasteiger partial charge on any atom is -0.481 e. The Morgan fingerprint density at radius 2 is 1.95 bits per heavy atom. The second-order valence-corrected chi connectivity index (χ2v) is 5.40. The molecule has 3 nitrogen and oxygen atoms in total. The van der Waals surface area contributed by atoms with E-state index in [0.717, 1.165) is 15.7 Å². The molecule has 0 aliphatic heterocycles. The number of halogens is 1. The molecule has 0 bridgehead atoms. The number of ether oxygens (including phenoxy) is 1. The number of para-hydroxylation sites is 1. The van der Waals surface area contributed by atoms with E-state index in [2.05, 4.69) is 21.2 Å². The number of amides is 1. The smallest absolute Gasteiger partial charge is 0.265 e. The minimum atomic E-state index is -0.566. The minimum absolute atomic E-state index is 0.182. The van der Waals surface area contributed by atoms with E-state index in [0.29, 0.717) is 5.75 Å². The molecule has 2 rings (SSSR count). The third-order valence-corrected chi connectivity index (χ3v) is 3.49. The molecule has 4 heteroatoms. The van der Waals surface area contributed by atoms with E-state index in [1.165, 1.54) is 0 Å². The topological polar surface area (TPSA) is 38.3 Å². The molecular weight excluding hydrogens is 318 g/mol. The van der Waals surface area contributed by atoms with Crippen LogP contribution in [0.25, 0.3) is 0 Å². The lowest BCUT2D eigenvalue weighted by molar-refractivity contribution is -0.122. The number of hydrogen-bond donors (Lipinski definition) is 1. The summed E-state index contributed by atoms with van der Waals surface area (Å²) in [5.41, 5.74) is 1.83. The van der Waals surface area contributed by atoms with Gasteiger partial charge in [-0.15, -0.1) is 0 Å². The Morgan fingerprint density at radius 3 is 2.65 bits per heavy atom. The van der Waals surface area contributed by atoms with Gasteiger partial charge in [-0.05, 0) is 59.6 Å². The predicted octanol–water partition coefficient (Wildman–Crippen LogP) is 4.16. The standard InChI is InChI=1S/C16H16BrNO2/c1-11-6-5-7-13(10-11)20-12(2)16(19)18-15-9-4-3-8-14(15)17/h3-10,12H,1-2H3,(H,18,19)/t12-/m0/s1. The molecule has 0 aliphatic rings. The van der Waals surface area contributed by atoms with Crippen molar-refractivity contribution in [2.75, 3.05) is 5.32 Å². The third kappa shape index (κ3) is 3.84. The maximum absolute atomic E-state index is 12.1. The highest BCUT2D eigenvalue weighted by molar-refractivity contribution is 9.10. The Balaban J connectivity index is 2.01. The number of nitrogens with one attached hydrogen (secondary N) is 1. The van der Waals surface area contributed by atoms with Crippen molar-refractivity contribution in [1.29, 1.82) is 0 Å². The van der Waals surface area contributed by atoms with Gasteiger partial charge < -0.3 is 10.1 Å². The highest BCUT2D eigenvalue weighted by Crippen LogP contribution is 2.22. The summed E-state index contributed by atoms with van der Waals surface area (Å²) in [5, 5.41) is 2.83. The molecule has 2 aromatic carbocycles. The van der Waals surface area contributed by atoms with Crippen molar-refractivity contribution in [1.82, 2.24) is 0 Å². The summed E-state index contributed by atoms with van der Waals surface area (Å²) in [6.45, 7) is 3.72. The molecule has 104 valence electrons. The van der Waals surface area contributed by atoms with Crippen molar-refractivity contribution >= 4 is 27.5 Å².